The zero-order valence-corrected chi connectivity index (χ0v) is 20.5. The van der Waals surface area contributed by atoms with Crippen molar-refractivity contribution in [2.45, 2.75) is 50.2 Å². The monoisotopic (exact) mass is 485 g/mol. The number of thiophene rings is 1. The Morgan fingerprint density at radius 1 is 0.943 bits per heavy atom. The van der Waals surface area contributed by atoms with Gasteiger partial charge >= 0.3 is 0 Å². The fraction of sp³-hybridized carbons (Fsp3) is 0.379. The van der Waals surface area contributed by atoms with Crippen molar-refractivity contribution < 1.29 is 9.59 Å². The number of fused-ring (bicyclic) bond motifs is 3. The molecular weight excluding hydrogens is 454 g/mol. The van der Waals surface area contributed by atoms with Gasteiger partial charge in [-0.25, -0.2) is 0 Å². The maximum absolute atomic E-state index is 14.1. The summed E-state index contributed by atoms with van der Waals surface area (Å²) in [4.78, 5) is 29.2. The van der Waals surface area contributed by atoms with Gasteiger partial charge in [-0.3, -0.25) is 9.59 Å². The summed E-state index contributed by atoms with van der Waals surface area (Å²) < 4.78 is 0. The van der Waals surface area contributed by atoms with Crippen LogP contribution in [0.25, 0.3) is 0 Å². The molecule has 1 saturated carbocycles. The Hall–Kier alpha value is -3.12. The molecule has 35 heavy (non-hydrogen) atoms. The highest BCUT2D eigenvalue weighted by molar-refractivity contribution is 7.08. The number of rotatable bonds is 4. The lowest BCUT2D eigenvalue weighted by Gasteiger charge is -2.41. The van der Waals surface area contributed by atoms with Crippen molar-refractivity contribution >= 4 is 28.8 Å². The third-order valence-electron chi connectivity index (χ3n) is 8.08. The van der Waals surface area contributed by atoms with Crippen LogP contribution in [0.15, 0.2) is 71.4 Å². The zero-order chi connectivity index (χ0) is 23.8. The van der Waals surface area contributed by atoms with E-state index in [2.05, 4.69) is 56.6 Å². The first-order valence-electron chi connectivity index (χ1n) is 12.7. The summed E-state index contributed by atoms with van der Waals surface area (Å²) in [5, 5.41) is 11.3. The average Bonchev–Trinajstić information content (AvgIpc) is 3.60. The predicted octanol–water partition coefficient (Wildman–Crippen LogP) is 5.79. The number of likely N-dealkylation sites (tertiary alicyclic amines) is 1. The Labute approximate surface area is 210 Å². The molecule has 5 atom stereocenters. The maximum Gasteiger partial charge on any atom is 0.251 e. The van der Waals surface area contributed by atoms with Gasteiger partial charge < -0.3 is 15.5 Å². The van der Waals surface area contributed by atoms with Crippen molar-refractivity contribution in [2.75, 3.05) is 11.9 Å². The van der Waals surface area contributed by atoms with Crippen LogP contribution in [0.2, 0.25) is 0 Å². The minimum Gasteiger partial charge on any atom is -0.378 e. The van der Waals surface area contributed by atoms with E-state index in [0.717, 1.165) is 44.3 Å². The van der Waals surface area contributed by atoms with Crippen molar-refractivity contribution in [3.63, 3.8) is 0 Å². The standard InChI is InChI=1S/C29H31N3O2S/c33-28(19-8-2-1-3-9-19)31-25-13-7-5-11-22(25)29(34)32-16-14-23-26(20-15-17-35-18-20)30-24-12-6-4-10-21(24)27(23)32/h1-4,6,8-10,12,15,17-18,22-23,25-27,30H,5,7,11,13-14,16H2,(H,31,33)/t22-,23+,25+,26+,27-/m0/s1. The second kappa shape index (κ2) is 9.50. The second-order valence-electron chi connectivity index (χ2n) is 10.0. The third-order valence-corrected chi connectivity index (χ3v) is 8.79. The highest BCUT2D eigenvalue weighted by Gasteiger charge is 2.48. The van der Waals surface area contributed by atoms with Gasteiger partial charge in [0.2, 0.25) is 5.91 Å². The van der Waals surface area contributed by atoms with Gasteiger partial charge in [0.1, 0.15) is 0 Å². The van der Waals surface area contributed by atoms with Gasteiger partial charge in [-0.1, -0.05) is 49.2 Å². The fourth-order valence-corrected chi connectivity index (χ4v) is 7.10. The van der Waals surface area contributed by atoms with Gasteiger partial charge in [-0.15, -0.1) is 0 Å². The van der Waals surface area contributed by atoms with E-state index in [1.165, 1.54) is 11.1 Å². The van der Waals surface area contributed by atoms with Crippen molar-refractivity contribution in [1.82, 2.24) is 10.2 Å². The Morgan fingerprint density at radius 3 is 2.57 bits per heavy atom. The molecule has 3 aliphatic rings. The maximum atomic E-state index is 14.1. The van der Waals surface area contributed by atoms with Crippen LogP contribution in [0.3, 0.4) is 0 Å². The molecule has 0 radical (unpaired) electrons. The Kier molecular flexibility index (Phi) is 6.06. The number of hydrogen-bond donors (Lipinski definition) is 2. The molecule has 0 unspecified atom stereocenters. The smallest absolute Gasteiger partial charge is 0.251 e. The molecule has 3 aromatic rings. The average molecular weight is 486 g/mol. The molecule has 1 aromatic heterocycles. The summed E-state index contributed by atoms with van der Waals surface area (Å²) in [7, 11) is 0. The molecule has 6 heteroatoms. The van der Waals surface area contributed by atoms with Gasteiger partial charge in [-0.05, 0) is 65.4 Å². The number of carbonyl (C=O) groups excluding carboxylic acids is 2. The third kappa shape index (κ3) is 4.14. The normalized spacial score (nSPS) is 27.4. The quantitative estimate of drug-likeness (QED) is 0.491. The molecule has 0 spiro atoms. The van der Waals surface area contributed by atoms with Crippen LogP contribution in [-0.4, -0.2) is 29.3 Å². The van der Waals surface area contributed by atoms with Crippen molar-refractivity contribution in [3.8, 4) is 0 Å². The lowest BCUT2D eigenvalue weighted by Crippen LogP contribution is -2.50. The molecule has 0 bridgehead atoms. The SMILES string of the molecule is O=C(N[C@@H]1CCCC[C@@H]1C(=O)N1CC[C@@H]2[C@@H](c3ccsc3)Nc3ccccc3[C@@H]21)c1ccccc1. The molecule has 2 fully saturated rings. The first-order chi connectivity index (χ1) is 17.2. The van der Waals surface area contributed by atoms with Gasteiger partial charge in [0, 0.05) is 29.8 Å². The number of amides is 2. The highest BCUT2D eigenvalue weighted by atomic mass is 32.1. The van der Waals surface area contributed by atoms with E-state index in [0.29, 0.717) is 11.5 Å². The summed E-state index contributed by atoms with van der Waals surface area (Å²) in [6, 6.07) is 20.1. The van der Waals surface area contributed by atoms with Crippen LogP contribution in [0.1, 0.15) is 65.7 Å². The first kappa shape index (κ1) is 22.4. The largest absolute Gasteiger partial charge is 0.378 e. The molecule has 3 heterocycles. The molecule has 1 saturated heterocycles. The molecule has 180 valence electrons. The number of anilines is 1. The van der Waals surface area contributed by atoms with Gasteiger partial charge in [-0.2, -0.15) is 11.3 Å². The summed E-state index contributed by atoms with van der Waals surface area (Å²) in [6.45, 7) is 0.765. The minimum atomic E-state index is -0.170. The minimum absolute atomic E-state index is 0.0669. The van der Waals surface area contributed by atoms with E-state index in [4.69, 9.17) is 0 Å². The number of hydrogen-bond acceptors (Lipinski definition) is 4. The van der Waals surface area contributed by atoms with Gasteiger partial charge in [0.15, 0.2) is 0 Å². The molecule has 2 amide bonds. The van der Waals surface area contributed by atoms with E-state index in [9.17, 15) is 9.59 Å². The summed E-state index contributed by atoms with van der Waals surface area (Å²) in [6.07, 6.45) is 4.74. The van der Waals surface area contributed by atoms with Crippen molar-refractivity contribution in [3.05, 3.63) is 88.1 Å². The summed E-state index contributed by atoms with van der Waals surface area (Å²) in [5.41, 5.74) is 4.30. The Morgan fingerprint density at radius 2 is 1.74 bits per heavy atom. The van der Waals surface area contributed by atoms with Crippen LogP contribution in [0.5, 0.6) is 0 Å². The van der Waals surface area contributed by atoms with E-state index in [-0.39, 0.29) is 35.9 Å². The lowest BCUT2D eigenvalue weighted by molar-refractivity contribution is -0.138. The number of nitrogens with one attached hydrogen (secondary N) is 2. The number of carbonyl (C=O) groups is 2. The second-order valence-corrected chi connectivity index (χ2v) is 10.8. The number of nitrogens with zero attached hydrogens (tertiary/aromatic N) is 1. The van der Waals surface area contributed by atoms with E-state index in [1.54, 1.807) is 11.3 Å². The molecule has 1 aliphatic carbocycles. The predicted molar refractivity (Wildman–Crippen MR) is 139 cm³/mol. The van der Waals surface area contributed by atoms with Crippen LogP contribution in [-0.2, 0) is 4.79 Å². The van der Waals surface area contributed by atoms with Crippen molar-refractivity contribution in [2.24, 2.45) is 11.8 Å². The van der Waals surface area contributed by atoms with Crippen LogP contribution >= 0.6 is 11.3 Å². The van der Waals surface area contributed by atoms with Gasteiger partial charge in [0.05, 0.1) is 18.0 Å². The molecule has 6 rings (SSSR count). The van der Waals surface area contributed by atoms with Crippen LogP contribution < -0.4 is 10.6 Å². The molecular formula is C29H31N3O2S. The van der Waals surface area contributed by atoms with E-state index >= 15 is 0 Å². The molecule has 2 aliphatic heterocycles. The molecule has 2 aromatic carbocycles. The number of benzene rings is 2. The highest BCUT2D eigenvalue weighted by Crippen LogP contribution is 2.52. The van der Waals surface area contributed by atoms with E-state index < -0.39 is 0 Å². The zero-order valence-electron chi connectivity index (χ0n) is 19.7. The summed E-state index contributed by atoms with van der Waals surface area (Å²) >= 11 is 1.72. The topological polar surface area (TPSA) is 61.4 Å². The Bertz CT molecular complexity index is 1200. The lowest BCUT2D eigenvalue weighted by atomic mass is 9.79. The molecule has 5 nitrogen and oxygen atoms in total. The van der Waals surface area contributed by atoms with Crippen LogP contribution in [0.4, 0.5) is 5.69 Å². The first-order valence-corrected chi connectivity index (χ1v) is 13.7. The summed E-state index contributed by atoms with van der Waals surface area (Å²) in [5.74, 6) is 0.289. The fourth-order valence-electron chi connectivity index (χ4n) is 6.41. The molecule has 2 N–H and O–H groups in total. The Balaban J connectivity index is 1.27. The van der Waals surface area contributed by atoms with Gasteiger partial charge in [0.25, 0.3) is 5.91 Å². The van der Waals surface area contributed by atoms with E-state index in [1.807, 2.05) is 30.3 Å². The van der Waals surface area contributed by atoms with Crippen LogP contribution in [0, 0.1) is 11.8 Å². The number of para-hydroxylation sites is 1. The van der Waals surface area contributed by atoms with Crippen molar-refractivity contribution in [1.29, 1.82) is 0 Å².